The van der Waals surface area contributed by atoms with Crippen LogP contribution in [0.3, 0.4) is 0 Å². The van der Waals surface area contributed by atoms with Crippen molar-refractivity contribution in [1.82, 2.24) is 9.80 Å². The molecule has 1 atom stereocenters. The Hall–Kier alpha value is -0.610. The fourth-order valence-corrected chi connectivity index (χ4v) is 2.50. The molecule has 1 saturated heterocycles. The maximum absolute atomic E-state index is 10.5. The van der Waals surface area contributed by atoms with Crippen LogP contribution in [0, 0.1) is 5.92 Å². The molecule has 1 rings (SSSR count). The molecule has 0 aromatic carbocycles. The van der Waals surface area contributed by atoms with Gasteiger partial charge in [0.15, 0.2) is 0 Å². The van der Waals surface area contributed by atoms with E-state index in [1.807, 2.05) is 0 Å². The van der Waals surface area contributed by atoms with Gasteiger partial charge in [-0.25, -0.2) is 0 Å². The lowest BCUT2D eigenvalue weighted by Gasteiger charge is -2.22. The van der Waals surface area contributed by atoms with E-state index < -0.39 is 5.97 Å². The van der Waals surface area contributed by atoms with Crippen molar-refractivity contribution >= 4 is 5.97 Å². The standard InChI is InChI=1S/C13H26N2O2/c1-3-14(4-2)9-10-15-8-7-12(11-15)5-6-13(16)17/h12H,3-11H2,1-2H3,(H,16,17). The van der Waals surface area contributed by atoms with Gasteiger partial charge in [0.1, 0.15) is 0 Å². The van der Waals surface area contributed by atoms with Crippen molar-refractivity contribution in [1.29, 1.82) is 0 Å². The van der Waals surface area contributed by atoms with Crippen LogP contribution in [0.2, 0.25) is 0 Å². The van der Waals surface area contributed by atoms with Crippen LogP contribution in [0.4, 0.5) is 0 Å². The summed E-state index contributed by atoms with van der Waals surface area (Å²) >= 11 is 0. The van der Waals surface area contributed by atoms with Crippen LogP contribution in [-0.2, 0) is 4.79 Å². The third kappa shape index (κ3) is 5.50. The maximum Gasteiger partial charge on any atom is 0.303 e. The van der Waals surface area contributed by atoms with Crippen LogP contribution in [0.5, 0.6) is 0 Å². The fraction of sp³-hybridized carbons (Fsp3) is 0.923. The zero-order valence-electron chi connectivity index (χ0n) is 11.2. The summed E-state index contributed by atoms with van der Waals surface area (Å²) in [4.78, 5) is 15.4. The first-order valence-electron chi connectivity index (χ1n) is 6.82. The number of likely N-dealkylation sites (N-methyl/N-ethyl adjacent to an activating group) is 1. The van der Waals surface area contributed by atoms with Gasteiger partial charge in [0, 0.05) is 26.1 Å². The number of likely N-dealkylation sites (tertiary alicyclic amines) is 1. The van der Waals surface area contributed by atoms with Crippen LogP contribution in [0.25, 0.3) is 0 Å². The highest BCUT2D eigenvalue weighted by atomic mass is 16.4. The van der Waals surface area contributed by atoms with Gasteiger partial charge in [-0.15, -0.1) is 0 Å². The smallest absolute Gasteiger partial charge is 0.303 e. The van der Waals surface area contributed by atoms with E-state index in [4.69, 9.17) is 5.11 Å². The van der Waals surface area contributed by atoms with Crippen molar-refractivity contribution in [2.24, 2.45) is 5.92 Å². The number of hydrogen-bond acceptors (Lipinski definition) is 3. The van der Waals surface area contributed by atoms with Gasteiger partial charge in [0.05, 0.1) is 0 Å². The molecule has 1 unspecified atom stereocenters. The average molecular weight is 242 g/mol. The van der Waals surface area contributed by atoms with Crippen molar-refractivity contribution in [3.8, 4) is 0 Å². The minimum atomic E-state index is -0.661. The van der Waals surface area contributed by atoms with Gasteiger partial charge in [-0.05, 0) is 38.4 Å². The SMILES string of the molecule is CCN(CC)CCN1CCC(CCC(=O)O)C1. The summed E-state index contributed by atoms with van der Waals surface area (Å²) < 4.78 is 0. The third-order valence-electron chi connectivity index (χ3n) is 3.76. The lowest BCUT2D eigenvalue weighted by Crippen LogP contribution is -2.34. The molecule has 0 radical (unpaired) electrons. The Kier molecular flexibility index (Phi) is 6.52. The minimum Gasteiger partial charge on any atom is -0.481 e. The molecule has 0 aromatic heterocycles. The molecule has 1 N–H and O–H groups in total. The zero-order chi connectivity index (χ0) is 12.7. The van der Waals surface area contributed by atoms with E-state index in [0.29, 0.717) is 12.3 Å². The quantitative estimate of drug-likeness (QED) is 0.701. The van der Waals surface area contributed by atoms with Crippen LogP contribution < -0.4 is 0 Å². The van der Waals surface area contributed by atoms with E-state index in [-0.39, 0.29) is 0 Å². The summed E-state index contributed by atoms with van der Waals surface area (Å²) in [6.45, 7) is 11.1. The fourth-order valence-electron chi connectivity index (χ4n) is 2.50. The van der Waals surface area contributed by atoms with E-state index in [1.165, 1.54) is 6.42 Å². The number of rotatable bonds is 8. The second kappa shape index (κ2) is 7.67. The predicted molar refractivity (Wildman–Crippen MR) is 69.2 cm³/mol. The summed E-state index contributed by atoms with van der Waals surface area (Å²) in [5, 5.41) is 8.66. The van der Waals surface area contributed by atoms with Crippen LogP contribution in [-0.4, -0.2) is 60.1 Å². The molecule has 1 aliphatic rings. The Labute approximate surface area is 105 Å². The molecular formula is C13H26N2O2. The number of aliphatic carboxylic acids is 1. The summed E-state index contributed by atoms with van der Waals surface area (Å²) in [6, 6.07) is 0. The maximum atomic E-state index is 10.5. The number of nitrogens with zero attached hydrogens (tertiary/aromatic N) is 2. The second-order valence-electron chi connectivity index (χ2n) is 4.91. The molecule has 0 aliphatic carbocycles. The summed E-state index contributed by atoms with van der Waals surface area (Å²) in [5.41, 5.74) is 0. The Balaban J connectivity index is 2.14. The zero-order valence-corrected chi connectivity index (χ0v) is 11.2. The molecule has 0 aromatic rings. The van der Waals surface area contributed by atoms with E-state index >= 15 is 0 Å². The van der Waals surface area contributed by atoms with E-state index in [1.54, 1.807) is 0 Å². The minimum absolute atomic E-state index is 0.328. The molecule has 0 amide bonds. The van der Waals surface area contributed by atoms with E-state index in [0.717, 1.165) is 45.7 Å². The van der Waals surface area contributed by atoms with Crippen LogP contribution in [0.1, 0.15) is 33.1 Å². The van der Waals surface area contributed by atoms with Crippen molar-refractivity contribution < 1.29 is 9.90 Å². The first kappa shape index (κ1) is 14.5. The molecule has 4 heteroatoms. The van der Waals surface area contributed by atoms with Crippen molar-refractivity contribution in [3.63, 3.8) is 0 Å². The highest BCUT2D eigenvalue weighted by Gasteiger charge is 2.22. The molecule has 0 saturated carbocycles. The van der Waals surface area contributed by atoms with Crippen LogP contribution >= 0.6 is 0 Å². The molecule has 0 bridgehead atoms. The van der Waals surface area contributed by atoms with E-state index in [9.17, 15) is 4.79 Å². The molecule has 0 spiro atoms. The Morgan fingerprint density at radius 3 is 2.71 bits per heavy atom. The average Bonchev–Trinajstić information content (AvgIpc) is 2.76. The summed E-state index contributed by atoms with van der Waals surface area (Å²) in [5.74, 6) is -0.0607. The Morgan fingerprint density at radius 1 is 1.41 bits per heavy atom. The number of carbonyl (C=O) groups is 1. The number of hydrogen-bond donors (Lipinski definition) is 1. The van der Waals surface area contributed by atoms with Gasteiger partial charge in [0.2, 0.25) is 0 Å². The topological polar surface area (TPSA) is 43.8 Å². The Morgan fingerprint density at radius 2 is 2.12 bits per heavy atom. The van der Waals surface area contributed by atoms with Gasteiger partial charge in [-0.2, -0.15) is 0 Å². The molecule has 1 heterocycles. The number of carboxylic acid groups (broad SMARTS) is 1. The van der Waals surface area contributed by atoms with Crippen molar-refractivity contribution in [3.05, 3.63) is 0 Å². The molecule has 4 nitrogen and oxygen atoms in total. The second-order valence-corrected chi connectivity index (χ2v) is 4.91. The highest BCUT2D eigenvalue weighted by molar-refractivity contribution is 5.66. The molecule has 1 aliphatic heterocycles. The van der Waals surface area contributed by atoms with Crippen molar-refractivity contribution in [2.45, 2.75) is 33.1 Å². The van der Waals surface area contributed by atoms with Crippen molar-refractivity contribution in [2.75, 3.05) is 39.3 Å². The number of carboxylic acids is 1. The normalized spacial score (nSPS) is 21.2. The first-order chi connectivity index (χ1) is 8.15. The predicted octanol–water partition coefficient (Wildman–Crippen LogP) is 1.51. The summed E-state index contributed by atoms with van der Waals surface area (Å²) in [7, 11) is 0. The van der Waals surface area contributed by atoms with Gasteiger partial charge in [-0.3, -0.25) is 4.79 Å². The third-order valence-corrected chi connectivity index (χ3v) is 3.76. The molecular weight excluding hydrogens is 216 g/mol. The molecule has 1 fully saturated rings. The molecule has 17 heavy (non-hydrogen) atoms. The largest absolute Gasteiger partial charge is 0.481 e. The Bertz CT molecular complexity index is 229. The summed E-state index contributed by atoms with van der Waals surface area (Å²) in [6.07, 6.45) is 2.34. The van der Waals surface area contributed by atoms with Gasteiger partial charge in [-0.1, -0.05) is 13.8 Å². The van der Waals surface area contributed by atoms with E-state index in [2.05, 4.69) is 23.6 Å². The van der Waals surface area contributed by atoms with Gasteiger partial charge >= 0.3 is 5.97 Å². The van der Waals surface area contributed by atoms with Gasteiger partial charge in [0.25, 0.3) is 0 Å². The molecule has 100 valence electrons. The monoisotopic (exact) mass is 242 g/mol. The first-order valence-corrected chi connectivity index (χ1v) is 6.82. The van der Waals surface area contributed by atoms with Gasteiger partial charge < -0.3 is 14.9 Å². The highest BCUT2D eigenvalue weighted by Crippen LogP contribution is 2.20. The lowest BCUT2D eigenvalue weighted by molar-refractivity contribution is -0.137. The lowest BCUT2D eigenvalue weighted by atomic mass is 10.0. The van der Waals surface area contributed by atoms with Crippen LogP contribution in [0.15, 0.2) is 0 Å².